The van der Waals surface area contributed by atoms with Crippen molar-refractivity contribution in [2.24, 2.45) is 5.92 Å². The van der Waals surface area contributed by atoms with Crippen LogP contribution in [0, 0.1) is 5.92 Å². The van der Waals surface area contributed by atoms with Gasteiger partial charge in [0.2, 0.25) is 11.8 Å². The van der Waals surface area contributed by atoms with Gasteiger partial charge >= 0.3 is 0 Å². The topological polar surface area (TPSA) is 74.0 Å². The molecule has 0 spiro atoms. The second-order valence-electron chi connectivity index (χ2n) is 6.58. The lowest BCUT2D eigenvalue weighted by Gasteiger charge is -2.19. The maximum atomic E-state index is 12.1. The van der Waals surface area contributed by atoms with Crippen molar-refractivity contribution in [3.05, 3.63) is 36.0 Å². The largest absolute Gasteiger partial charge is 0.361 e. The number of H-pyrrole nitrogens is 1. The number of amides is 2. The Kier molecular flexibility index (Phi) is 6.41. The number of carbonyl (C=O) groups is 2. The van der Waals surface area contributed by atoms with Crippen LogP contribution in [0.4, 0.5) is 0 Å². The van der Waals surface area contributed by atoms with Gasteiger partial charge < -0.3 is 15.6 Å². The molecular weight excluding hydrogens is 302 g/mol. The lowest BCUT2D eigenvalue weighted by Crippen LogP contribution is -2.46. The van der Waals surface area contributed by atoms with Crippen molar-refractivity contribution in [1.29, 1.82) is 0 Å². The molecule has 2 rings (SSSR count). The zero-order chi connectivity index (χ0) is 17.5. The molecule has 5 nitrogen and oxygen atoms in total. The van der Waals surface area contributed by atoms with Gasteiger partial charge in [-0.25, -0.2) is 0 Å². The fourth-order valence-electron chi connectivity index (χ4n) is 2.92. The number of aromatic amines is 1. The van der Waals surface area contributed by atoms with Gasteiger partial charge in [-0.05, 0) is 36.8 Å². The van der Waals surface area contributed by atoms with Gasteiger partial charge in [-0.1, -0.05) is 32.0 Å². The van der Waals surface area contributed by atoms with Crippen molar-refractivity contribution in [2.45, 2.75) is 45.6 Å². The zero-order valence-corrected chi connectivity index (χ0v) is 14.7. The Hall–Kier alpha value is -2.30. The van der Waals surface area contributed by atoms with E-state index in [1.165, 1.54) is 10.9 Å². The number of likely N-dealkylation sites (N-methyl/N-ethyl adjacent to an activating group) is 1. The SMILES string of the molecule is CNC(=O)C(CC(C)C)NC(=O)CCCc1c[nH]c2ccccc12. The minimum absolute atomic E-state index is 0.0657. The van der Waals surface area contributed by atoms with Crippen LogP contribution in [0.15, 0.2) is 30.5 Å². The van der Waals surface area contributed by atoms with Gasteiger partial charge in [0.15, 0.2) is 0 Å². The number of aromatic nitrogens is 1. The summed E-state index contributed by atoms with van der Waals surface area (Å²) in [4.78, 5) is 27.3. The van der Waals surface area contributed by atoms with Gasteiger partial charge in [0.1, 0.15) is 6.04 Å². The van der Waals surface area contributed by atoms with E-state index >= 15 is 0 Å². The molecule has 5 heteroatoms. The maximum absolute atomic E-state index is 12.1. The third-order valence-electron chi connectivity index (χ3n) is 4.13. The number of fused-ring (bicyclic) bond motifs is 1. The molecule has 0 fully saturated rings. The highest BCUT2D eigenvalue weighted by atomic mass is 16.2. The number of rotatable bonds is 8. The van der Waals surface area contributed by atoms with Crippen LogP contribution >= 0.6 is 0 Å². The fraction of sp³-hybridized carbons (Fsp3) is 0.474. The Bertz CT molecular complexity index is 691. The van der Waals surface area contributed by atoms with E-state index in [4.69, 9.17) is 0 Å². The first-order chi connectivity index (χ1) is 11.5. The Balaban J connectivity index is 1.84. The molecule has 0 aliphatic carbocycles. The molecule has 0 aliphatic heterocycles. The average molecular weight is 329 g/mol. The first-order valence-corrected chi connectivity index (χ1v) is 8.57. The van der Waals surface area contributed by atoms with Crippen molar-refractivity contribution in [3.63, 3.8) is 0 Å². The number of hydrogen-bond acceptors (Lipinski definition) is 2. The minimum Gasteiger partial charge on any atom is -0.361 e. The number of nitrogens with one attached hydrogen (secondary N) is 3. The number of aryl methyl sites for hydroxylation is 1. The molecule has 0 radical (unpaired) electrons. The van der Waals surface area contributed by atoms with Crippen molar-refractivity contribution in [2.75, 3.05) is 7.05 Å². The summed E-state index contributed by atoms with van der Waals surface area (Å²) >= 11 is 0. The highest BCUT2D eigenvalue weighted by Gasteiger charge is 2.20. The maximum Gasteiger partial charge on any atom is 0.242 e. The second kappa shape index (κ2) is 8.52. The predicted octanol–water partition coefficient (Wildman–Crippen LogP) is 2.77. The number of hydrogen-bond donors (Lipinski definition) is 3. The van der Waals surface area contributed by atoms with E-state index < -0.39 is 6.04 Å². The molecule has 2 aromatic rings. The van der Waals surface area contributed by atoms with Crippen LogP contribution in [0.1, 0.15) is 38.7 Å². The fourth-order valence-corrected chi connectivity index (χ4v) is 2.92. The van der Waals surface area contributed by atoms with Gasteiger partial charge in [-0.15, -0.1) is 0 Å². The first kappa shape index (κ1) is 18.0. The van der Waals surface area contributed by atoms with Crippen molar-refractivity contribution >= 4 is 22.7 Å². The van der Waals surface area contributed by atoms with Gasteiger partial charge in [-0.3, -0.25) is 9.59 Å². The normalized spacial score (nSPS) is 12.3. The van der Waals surface area contributed by atoms with Gasteiger partial charge in [0.05, 0.1) is 0 Å². The van der Waals surface area contributed by atoms with Crippen molar-refractivity contribution < 1.29 is 9.59 Å². The monoisotopic (exact) mass is 329 g/mol. The summed E-state index contributed by atoms with van der Waals surface area (Å²) < 4.78 is 0. The summed E-state index contributed by atoms with van der Waals surface area (Å²) in [7, 11) is 1.60. The molecule has 0 aliphatic rings. The van der Waals surface area contributed by atoms with E-state index in [9.17, 15) is 9.59 Å². The van der Waals surface area contributed by atoms with Crippen LogP contribution in [0.5, 0.6) is 0 Å². The number of benzene rings is 1. The molecule has 3 N–H and O–H groups in total. The van der Waals surface area contributed by atoms with Crippen molar-refractivity contribution in [1.82, 2.24) is 15.6 Å². The molecule has 1 aromatic heterocycles. The van der Waals surface area contributed by atoms with Gasteiger partial charge in [0.25, 0.3) is 0 Å². The third kappa shape index (κ3) is 4.85. The quantitative estimate of drug-likeness (QED) is 0.697. The van der Waals surface area contributed by atoms with Gasteiger partial charge in [-0.2, -0.15) is 0 Å². The Labute approximate surface area is 143 Å². The molecule has 0 saturated carbocycles. The van der Waals surface area contributed by atoms with Crippen LogP contribution in [-0.4, -0.2) is 29.9 Å². The van der Waals surface area contributed by atoms with Crippen LogP contribution < -0.4 is 10.6 Å². The Morgan fingerprint density at radius 3 is 2.67 bits per heavy atom. The predicted molar refractivity (Wildman–Crippen MR) is 96.7 cm³/mol. The number of para-hydroxylation sites is 1. The Morgan fingerprint density at radius 2 is 1.96 bits per heavy atom. The third-order valence-corrected chi connectivity index (χ3v) is 4.13. The molecule has 1 atom stereocenters. The summed E-state index contributed by atoms with van der Waals surface area (Å²) in [6.07, 6.45) is 4.68. The molecular formula is C19H27N3O2. The molecule has 24 heavy (non-hydrogen) atoms. The van der Waals surface area contributed by atoms with E-state index in [2.05, 4.69) is 21.7 Å². The summed E-state index contributed by atoms with van der Waals surface area (Å²) in [6, 6.07) is 7.71. The van der Waals surface area contributed by atoms with E-state index in [0.717, 1.165) is 18.4 Å². The lowest BCUT2D eigenvalue weighted by molar-refractivity contribution is -0.129. The molecule has 1 heterocycles. The molecule has 130 valence electrons. The summed E-state index contributed by atoms with van der Waals surface area (Å²) in [6.45, 7) is 4.08. The standard InChI is InChI=1S/C19H27N3O2/c1-13(2)11-17(19(24)20-3)22-18(23)10-6-7-14-12-21-16-9-5-4-8-15(14)16/h4-5,8-9,12-13,17,21H,6-7,10-11H2,1-3H3,(H,20,24)(H,22,23). The smallest absolute Gasteiger partial charge is 0.242 e. The summed E-state index contributed by atoms with van der Waals surface area (Å²) in [5.41, 5.74) is 2.34. The zero-order valence-electron chi connectivity index (χ0n) is 14.7. The average Bonchev–Trinajstić information content (AvgIpc) is 2.96. The Morgan fingerprint density at radius 1 is 1.21 bits per heavy atom. The van der Waals surface area contributed by atoms with E-state index in [1.54, 1.807) is 7.05 Å². The molecule has 2 amide bonds. The molecule has 1 aromatic carbocycles. The van der Waals surface area contributed by atoms with Crippen molar-refractivity contribution in [3.8, 4) is 0 Å². The second-order valence-corrected chi connectivity index (χ2v) is 6.58. The summed E-state index contributed by atoms with van der Waals surface area (Å²) in [5.74, 6) is 0.150. The van der Waals surface area contributed by atoms with Gasteiger partial charge in [0, 0.05) is 30.6 Å². The van der Waals surface area contributed by atoms with E-state index in [1.807, 2.05) is 38.2 Å². The van der Waals surface area contributed by atoms with Crippen LogP contribution in [0.3, 0.4) is 0 Å². The lowest BCUT2D eigenvalue weighted by atomic mass is 10.0. The molecule has 0 bridgehead atoms. The number of carbonyl (C=O) groups excluding carboxylic acids is 2. The molecule has 0 saturated heterocycles. The van der Waals surface area contributed by atoms with E-state index in [-0.39, 0.29) is 11.8 Å². The van der Waals surface area contributed by atoms with Crippen LogP contribution in [-0.2, 0) is 16.0 Å². The van der Waals surface area contributed by atoms with Crippen LogP contribution in [0.25, 0.3) is 10.9 Å². The first-order valence-electron chi connectivity index (χ1n) is 8.57. The van der Waals surface area contributed by atoms with Crippen LogP contribution in [0.2, 0.25) is 0 Å². The highest BCUT2D eigenvalue weighted by molar-refractivity contribution is 5.87. The molecule has 1 unspecified atom stereocenters. The van der Waals surface area contributed by atoms with E-state index in [0.29, 0.717) is 18.8 Å². The minimum atomic E-state index is -0.449. The summed E-state index contributed by atoms with van der Waals surface area (Å²) in [5, 5.41) is 6.68. The highest BCUT2D eigenvalue weighted by Crippen LogP contribution is 2.19.